The Morgan fingerprint density at radius 2 is 2.47 bits per heavy atom. The van der Waals surface area contributed by atoms with Crippen LogP contribution in [0.2, 0.25) is 0 Å². The Balaban J connectivity index is 1.93. The Hall–Kier alpha value is -1.55. The van der Waals surface area contributed by atoms with Crippen molar-refractivity contribution in [1.29, 1.82) is 0 Å². The van der Waals surface area contributed by atoms with Gasteiger partial charge in [0.15, 0.2) is 0 Å². The summed E-state index contributed by atoms with van der Waals surface area (Å²) >= 11 is 0. The molecule has 2 rings (SSSR count). The molecule has 0 radical (unpaired) electrons. The average Bonchev–Trinajstić information content (AvgIpc) is 2.89. The number of hydrogen-bond acceptors (Lipinski definition) is 4. The number of nitrogens with one attached hydrogen (secondary N) is 2. The van der Waals surface area contributed by atoms with Gasteiger partial charge >= 0.3 is 5.97 Å². The van der Waals surface area contributed by atoms with Crippen LogP contribution in [0.15, 0.2) is 24.3 Å². The summed E-state index contributed by atoms with van der Waals surface area (Å²) in [5, 5.41) is 6.76. The molecule has 1 fully saturated rings. The van der Waals surface area contributed by atoms with Crippen molar-refractivity contribution >= 4 is 11.7 Å². The molecule has 2 N–H and O–H groups in total. The van der Waals surface area contributed by atoms with Crippen LogP contribution < -0.4 is 10.6 Å². The van der Waals surface area contributed by atoms with Gasteiger partial charge in [-0.15, -0.1) is 0 Å². The Morgan fingerprint density at radius 1 is 1.59 bits per heavy atom. The fourth-order valence-electron chi connectivity index (χ4n) is 2.05. The summed E-state index contributed by atoms with van der Waals surface area (Å²) in [5.41, 5.74) is 1.54. The predicted molar refractivity (Wildman–Crippen MR) is 67.3 cm³/mol. The number of carbonyl (C=O) groups excluding carboxylic acids is 1. The van der Waals surface area contributed by atoms with Gasteiger partial charge in [0.2, 0.25) is 0 Å². The van der Waals surface area contributed by atoms with Crippen molar-refractivity contribution in [2.24, 2.45) is 0 Å². The van der Waals surface area contributed by atoms with Crippen LogP contribution in [-0.2, 0) is 4.74 Å². The van der Waals surface area contributed by atoms with Crippen molar-refractivity contribution < 1.29 is 9.53 Å². The van der Waals surface area contributed by atoms with E-state index >= 15 is 0 Å². The van der Waals surface area contributed by atoms with E-state index in [-0.39, 0.29) is 5.97 Å². The molecular formula is C13H18N2O2. The molecule has 4 heteroatoms. The second-order valence-electron chi connectivity index (χ2n) is 4.25. The molecule has 1 atom stereocenters. The first-order chi connectivity index (χ1) is 8.29. The molecule has 1 aliphatic heterocycles. The molecule has 1 aromatic rings. The predicted octanol–water partition coefficient (Wildman–Crippen LogP) is 1.64. The lowest BCUT2D eigenvalue weighted by atomic mass is 10.2. The molecule has 1 aromatic carbocycles. The molecular weight excluding hydrogens is 216 g/mol. The molecule has 17 heavy (non-hydrogen) atoms. The highest BCUT2D eigenvalue weighted by Gasteiger charge is 2.13. The Kier molecular flexibility index (Phi) is 3.98. The molecule has 0 aromatic heterocycles. The summed E-state index contributed by atoms with van der Waals surface area (Å²) in [4.78, 5) is 11.4. The first kappa shape index (κ1) is 11.9. The zero-order valence-electron chi connectivity index (χ0n) is 10.0. The minimum atomic E-state index is -0.298. The highest BCUT2D eigenvalue weighted by molar-refractivity contribution is 5.90. The van der Waals surface area contributed by atoms with E-state index in [1.807, 2.05) is 18.2 Å². The van der Waals surface area contributed by atoms with Crippen molar-refractivity contribution in [3.8, 4) is 0 Å². The van der Waals surface area contributed by atoms with Crippen LogP contribution in [-0.4, -0.2) is 32.2 Å². The van der Waals surface area contributed by atoms with Crippen molar-refractivity contribution in [3.05, 3.63) is 29.8 Å². The number of hydrogen-bond donors (Lipinski definition) is 2. The number of anilines is 1. The van der Waals surface area contributed by atoms with E-state index in [1.165, 1.54) is 20.0 Å². The smallest absolute Gasteiger partial charge is 0.337 e. The van der Waals surface area contributed by atoms with E-state index < -0.39 is 0 Å². The van der Waals surface area contributed by atoms with E-state index in [9.17, 15) is 4.79 Å². The SMILES string of the molecule is COC(=O)c1cccc(NCC2CCCN2)c1. The minimum Gasteiger partial charge on any atom is -0.465 e. The quantitative estimate of drug-likeness (QED) is 0.778. The maximum atomic E-state index is 11.4. The number of carbonyl (C=O) groups is 1. The Morgan fingerprint density at radius 3 is 3.18 bits per heavy atom. The van der Waals surface area contributed by atoms with Gasteiger partial charge in [0, 0.05) is 18.3 Å². The third-order valence-electron chi connectivity index (χ3n) is 3.00. The molecule has 0 saturated carbocycles. The first-order valence-corrected chi connectivity index (χ1v) is 5.95. The summed E-state index contributed by atoms with van der Waals surface area (Å²) in [6.07, 6.45) is 2.46. The normalized spacial score (nSPS) is 19.0. The molecule has 92 valence electrons. The topological polar surface area (TPSA) is 50.4 Å². The van der Waals surface area contributed by atoms with Gasteiger partial charge in [0.25, 0.3) is 0 Å². The zero-order valence-corrected chi connectivity index (χ0v) is 10.0. The zero-order chi connectivity index (χ0) is 12.1. The standard InChI is InChI=1S/C13H18N2O2/c1-17-13(16)10-4-2-5-11(8-10)15-9-12-6-3-7-14-12/h2,4-5,8,12,14-15H,3,6-7,9H2,1H3. The maximum absolute atomic E-state index is 11.4. The fraction of sp³-hybridized carbons (Fsp3) is 0.462. The van der Waals surface area contributed by atoms with Crippen LogP contribution >= 0.6 is 0 Å². The van der Waals surface area contributed by atoms with Crippen molar-refractivity contribution in [2.75, 3.05) is 25.5 Å². The fourth-order valence-corrected chi connectivity index (χ4v) is 2.05. The van der Waals surface area contributed by atoms with Crippen LogP contribution in [0.25, 0.3) is 0 Å². The van der Waals surface area contributed by atoms with E-state index in [0.717, 1.165) is 18.8 Å². The average molecular weight is 234 g/mol. The van der Waals surface area contributed by atoms with Crippen molar-refractivity contribution in [3.63, 3.8) is 0 Å². The van der Waals surface area contributed by atoms with E-state index in [0.29, 0.717) is 11.6 Å². The lowest BCUT2D eigenvalue weighted by Crippen LogP contribution is -2.29. The van der Waals surface area contributed by atoms with E-state index in [1.54, 1.807) is 6.07 Å². The van der Waals surface area contributed by atoms with Crippen molar-refractivity contribution in [1.82, 2.24) is 5.32 Å². The van der Waals surface area contributed by atoms with Crippen LogP contribution in [0.5, 0.6) is 0 Å². The van der Waals surface area contributed by atoms with E-state index in [2.05, 4.69) is 10.6 Å². The summed E-state index contributed by atoms with van der Waals surface area (Å²) in [6, 6.07) is 7.93. The van der Waals surface area contributed by atoms with Crippen molar-refractivity contribution in [2.45, 2.75) is 18.9 Å². The second-order valence-corrected chi connectivity index (χ2v) is 4.25. The summed E-state index contributed by atoms with van der Waals surface area (Å²) in [7, 11) is 1.39. The summed E-state index contributed by atoms with van der Waals surface area (Å²) in [5.74, 6) is -0.298. The van der Waals surface area contributed by atoms with Crippen LogP contribution in [0, 0.1) is 0 Å². The molecule has 0 amide bonds. The number of ether oxygens (including phenoxy) is 1. The molecule has 1 unspecified atom stereocenters. The Bertz CT molecular complexity index is 387. The largest absolute Gasteiger partial charge is 0.465 e. The highest BCUT2D eigenvalue weighted by Crippen LogP contribution is 2.13. The molecule has 0 aliphatic carbocycles. The third-order valence-corrected chi connectivity index (χ3v) is 3.00. The summed E-state index contributed by atoms with van der Waals surface area (Å²) in [6.45, 7) is 2.00. The number of methoxy groups -OCH3 is 1. The van der Waals surface area contributed by atoms with Gasteiger partial charge in [-0.2, -0.15) is 0 Å². The van der Waals surface area contributed by atoms with Gasteiger partial charge in [-0.25, -0.2) is 4.79 Å². The molecule has 4 nitrogen and oxygen atoms in total. The van der Waals surface area contributed by atoms with Gasteiger partial charge in [-0.05, 0) is 37.6 Å². The number of esters is 1. The van der Waals surface area contributed by atoms with Gasteiger partial charge in [0.1, 0.15) is 0 Å². The van der Waals surface area contributed by atoms with Gasteiger partial charge < -0.3 is 15.4 Å². The van der Waals surface area contributed by atoms with Gasteiger partial charge in [-0.1, -0.05) is 6.07 Å². The van der Waals surface area contributed by atoms with Gasteiger partial charge in [0.05, 0.1) is 12.7 Å². The molecule has 1 heterocycles. The highest BCUT2D eigenvalue weighted by atomic mass is 16.5. The number of benzene rings is 1. The summed E-state index contributed by atoms with van der Waals surface area (Å²) < 4.78 is 4.69. The van der Waals surface area contributed by atoms with Crippen LogP contribution in [0.4, 0.5) is 5.69 Å². The van der Waals surface area contributed by atoms with E-state index in [4.69, 9.17) is 4.74 Å². The lowest BCUT2D eigenvalue weighted by molar-refractivity contribution is 0.0601. The minimum absolute atomic E-state index is 0.298. The lowest BCUT2D eigenvalue weighted by Gasteiger charge is -2.13. The van der Waals surface area contributed by atoms with Gasteiger partial charge in [-0.3, -0.25) is 0 Å². The van der Waals surface area contributed by atoms with Crippen LogP contribution in [0.1, 0.15) is 23.2 Å². The molecule has 1 aliphatic rings. The Labute approximate surface area is 101 Å². The maximum Gasteiger partial charge on any atom is 0.337 e. The van der Waals surface area contributed by atoms with Crippen LogP contribution in [0.3, 0.4) is 0 Å². The monoisotopic (exact) mass is 234 g/mol. The third kappa shape index (κ3) is 3.20. The molecule has 1 saturated heterocycles. The first-order valence-electron chi connectivity index (χ1n) is 5.95. The molecule has 0 spiro atoms. The molecule has 0 bridgehead atoms. The number of rotatable bonds is 4. The second kappa shape index (κ2) is 5.68.